The Morgan fingerprint density at radius 3 is 2.44 bits per heavy atom. The summed E-state index contributed by atoms with van der Waals surface area (Å²) in [4.78, 5) is 0. The second-order valence-electron chi connectivity index (χ2n) is 4.42. The molecule has 0 aliphatic rings. The van der Waals surface area contributed by atoms with Crippen molar-refractivity contribution >= 4 is 0 Å². The molecule has 0 aliphatic heterocycles. The number of aliphatic hydroxyl groups is 2. The maximum absolute atomic E-state index is 9.63. The SMILES string of the molecule is COc1ccc(COCCC(O)C(C)CO)cc1. The van der Waals surface area contributed by atoms with Crippen molar-refractivity contribution in [1.29, 1.82) is 0 Å². The van der Waals surface area contributed by atoms with Crippen LogP contribution in [0.1, 0.15) is 18.9 Å². The van der Waals surface area contributed by atoms with Gasteiger partial charge < -0.3 is 19.7 Å². The fraction of sp³-hybridized carbons (Fsp3) is 0.571. The Balaban J connectivity index is 2.21. The van der Waals surface area contributed by atoms with Crippen LogP contribution in [0.25, 0.3) is 0 Å². The van der Waals surface area contributed by atoms with E-state index in [2.05, 4.69) is 0 Å². The third kappa shape index (κ3) is 5.04. The molecule has 1 aromatic rings. The molecule has 102 valence electrons. The van der Waals surface area contributed by atoms with Gasteiger partial charge in [-0.05, 0) is 24.1 Å². The molecule has 0 fully saturated rings. The van der Waals surface area contributed by atoms with Crippen LogP contribution in [-0.2, 0) is 11.3 Å². The largest absolute Gasteiger partial charge is 0.497 e. The minimum absolute atomic E-state index is 0.000351. The quantitative estimate of drug-likeness (QED) is 0.692. The van der Waals surface area contributed by atoms with Crippen molar-refractivity contribution in [1.82, 2.24) is 0 Å². The second kappa shape index (κ2) is 8.08. The minimum Gasteiger partial charge on any atom is -0.497 e. The molecular weight excluding hydrogens is 232 g/mol. The maximum Gasteiger partial charge on any atom is 0.118 e. The van der Waals surface area contributed by atoms with E-state index < -0.39 is 6.10 Å². The van der Waals surface area contributed by atoms with Crippen molar-refractivity contribution < 1.29 is 19.7 Å². The van der Waals surface area contributed by atoms with E-state index in [9.17, 15) is 5.11 Å². The Morgan fingerprint density at radius 2 is 1.89 bits per heavy atom. The normalized spacial score (nSPS) is 14.2. The van der Waals surface area contributed by atoms with Crippen LogP contribution in [0.3, 0.4) is 0 Å². The molecule has 2 N–H and O–H groups in total. The van der Waals surface area contributed by atoms with Gasteiger partial charge in [0.2, 0.25) is 0 Å². The van der Waals surface area contributed by atoms with Gasteiger partial charge in [0.05, 0.1) is 19.8 Å². The van der Waals surface area contributed by atoms with Crippen LogP contribution < -0.4 is 4.74 Å². The van der Waals surface area contributed by atoms with Crippen LogP contribution in [0.5, 0.6) is 5.75 Å². The summed E-state index contributed by atoms with van der Waals surface area (Å²) >= 11 is 0. The lowest BCUT2D eigenvalue weighted by atomic mass is 10.0. The number of aliphatic hydroxyl groups excluding tert-OH is 2. The first kappa shape index (κ1) is 15.0. The predicted octanol–water partition coefficient (Wildman–Crippen LogP) is 1.59. The zero-order chi connectivity index (χ0) is 13.4. The smallest absolute Gasteiger partial charge is 0.118 e. The second-order valence-corrected chi connectivity index (χ2v) is 4.42. The maximum atomic E-state index is 9.63. The molecule has 0 aliphatic carbocycles. The molecule has 0 spiro atoms. The molecule has 0 heterocycles. The average Bonchev–Trinajstić information content (AvgIpc) is 2.43. The third-order valence-corrected chi connectivity index (χ3v) is 2.93. The van der Waals surface area contributed by atoms with Gasteiger partial charge in [0.25, 0.3) is 0 Å². The van der Waals surface area contributed by atoms with Gasteiger partial charge in [-0.3, -0.25) is 0 Å². The van der Waals surface area contributed by atoms with Crippen LogP contribution >= 0.6 is 0 Å². The highest BCUT2D eigenvalue weighted by Gasteiger charge is 2.12. The van der Waals surface area contributed by atoms with Crippen LogP contribution in [0.2, 0.25) is 0 Å². The summed E-state index contributed by atoms with van der Waals surface area (Å²) in [5.41, 5.74) is 1.07. The molecule has 0 saturated carbocycles. The summed E-state index contributed by atoms with van der Waals surface area (Å²) in [7, 11) is 1.63. The lowest BCUT2D eigenvalue weighted by molar-refractivity contribution is 0.0325. The number of hydrogen-bond acceptors (Lipinski definition) is 4. The van der Waals surface area contributed by atoms with Crippen molar-refractivity contribution in [3.8, 4) is 5.75 Å². The number of hydrogen-bond donors (Lipinski definition) is 2. The molecule has 2 unspecified atom stereocenters. The highest BCUT2D eigenvalue weighted by atomic mass is 16.5. The molecular formula is C14H22O4. The van der Waals surface area contributed by atoms with Gasteiger partial charge in [-0.1, -0.05) is 19.1 Å². The molecule has 0 radical (unpaired) electrons. The van der Waals surface area contributed by atoms with E-state index in [1.807, 2.05) is 31.2 Å². The summed E-state index contributed by atoms with van der Waals surface area (Å²) in [6.07, 6.45) is 0.0311. The van der Waals surface area contributed by atoms with Crippen molar-refractivity contribution in [2.45, 2.75) is 26.1 Å². The Hall–Kier alpha value is -1.10. The van der Waals surface area contributed by atoms with E-state index in [0.29, 0.717) is 19.6 Å². The lowest BCUT2D eigenvalue weighted by Crippen LogP contribution is -2.22. The molecule has 1 rings (SSSR count). The van der Waals surface area contributed by atoms with Crippen molar-refractivity contribution in [2.75, 3.05) is 20.3 Å². The summed E-state index contributed by atoms with van der Waals surface area (Å²) in [6, 6.07) is 7.68. The molecule has 2 atom stereocenters. The Morgan fingerprint density at radius 1 is 1.22 bits per heavy atom. The van der Waals surface area contributed by atoms with E-state index >= 15 is 0 Å². The lowest BCUT2D eigenvalue weighted by Gasteiger charge is -2.16. The van der Waals surface area contributed by atoms with Crippen LogP contribution in [0.15, 0.2) is 24.3 Å². The third-order valence-electron chi connectivity index (χ3n) is 2.93. The van der Waals surface area contributed by atoms with Crippen molar-refractivity contribution in [3.05, 3.63) is 29.8 Å². The van der Waals surface area contributed by atoms with E-state index in [0.717, 1.165) is 11.3 Å². The molecule has 4 nitrogen and oxygen atoms in total. The minimum atomic E-state index is -0.508. The zero-order valence-electron chi connectivity index (χ0n) is 11.0. The number of methoxy groups -OCH3 is 1. The molecule has 18 heavy (non-hydrogen) atoms. The fourth-order valence-corrected chi connectivity index (χ4v) is 1.52. The van der Waals surface area contributed by atoms with Gasteiger partial charge in [-0.2, -0.15) is 0 Å². The molecule has 0 bridgehead atoms. The van der Waals surface area contributed by atoms with Gasteiger partial charge in [-0.25, -0.2) is 0 Å². The number of rotatable bonds is 8. The first-order valence-electron chi connectivity index (χ1n) is 6.17. The van der Waals surface area contributed by atoms with E-state index in [4.69, 9.17) is 14.6 Å². The predicted molar refractivity (Wildman–Crippen MR) is 69.5 cm³/mol. The topological polar surface area (TPSA) is 58.9 Å². The molecule has 1 aromatic carbocycles. The van der Waals surface area contributed by atoms with Gasteiger partial charge in [0, 0.05) is 19.1 Å². The van der Waals surface area contributed by atoms with Crippen LogP contribution in [-0.4, -0.2) is 36.6 Å². The van der Waals surface area contributed by atoms with Crippen molar-refractivity contribution in [3.63, 3.8) is 0 Å². The summed E-state index contributed by atoms with van der Waals surface area (Å²) in [6.45, 7) is 2.82. The Labute approximate surface area is 108 Å². The van der Waals surface area contributed by atoms with Gasteiger partial charge in [0.1, 0.15) is 5.75 Å². The zero-order valence-corrected chi connectivity index (χ0v) is 11.0. The summed E-state index contributed by atoms with van der Waals surface area (Å²) < 4.78 is 10.5. The molecule has 0 aromatic heterocycles. The Bertz CT molecular complexity index is 323. The standard InChI is InChI=1S/C14H22O4/c1-11(9-15)14(16)7-8-18-10-12-3-5-13(17-2)6-4-12/h3-6,11,14-16H,7-10H2,1-2H3. The molecule has 4 heteroatoms. The summed E-state index contributed by atoms with van der Waals surface area (Å²) in [5.74, 6) is 0.723. The van der Waals surface area contributed by atoms with Crippen LogP contribution in [0.4, 0.5) is 0 Å². The highest BCUT2D eigenvalue weighted by Crippen LogP contribution is 2.12. The molecule has 0 saturated heterocycles. The van der Waals surface area contributed by atoms with E-state index in [1.54, 1.807) is 7.11 Å². The summed E-state index contributed by atoms with van der Waals surface area (Å²) in [5, 5.41) is 18.5. The van der Waals surface area contributed by atoms with Gasteiger partial charge >= 0.3 is 0 Å². The van der Waals surface area contributed by atoms with Crippen molar-refractivity contribution in [2.24, 2.45) is 5.92 Å². The van der Waals surface area contributed by atoms with Gasteiger partial charge in [0.15, 0.2) is 0 Å². The first-order chi connectivity index (χ1) is 8.67. The van der Waals surface area contributed by atoms with E-state index in [1.165, 1.54) is 0 Å². The molecule has 0 amide bonds. The van der Waals surface area contributed by atoms with E-state index in [-0.39, 0.29) is 12.5 Å². The Kier molecular flexibility index (Phi) is 6.72. The number of ether oxygens (including phenoxy) is 2. The number of benzene rings is 1. The first-order valence-corrected chi connectivity index (χ1v) is 6.17. The highest BCUT2D eigenvalue weighted by molar-refractivity contribution is 5.26. The monoisotopic (exact) mass is 254 g/mol. The average molecular weight is 254 g/mol. The van der Waals surface area contributed by atoms with Gasteiger partial charge in [-0.15, -0.1) is 0 Å². The van der Waals surface area contributed by atoms with Crippen LogP contribution in [0, 0.1) is 5.92 Å². The fourth-order valence-electron chi connectivity index (χ4n) is 1.52.